The van der Waals surface area contributed by atoms with Crippen molar-refractivity contribution in [1.29, 1.82) is 0 Å². The predicted octanol–water partition coefficient (Wildman–Crippen LogP) is 4.32. The third kappa shape index (κ3) is 6.00. The molecule has 0 spiro atoms. The third-order valence-corrected chi connectivity index (χ3v) is 10.5. The molecule has 0 unspecified atom stereocenters. The number of thiazole rings is 1. The highest BCUT2D eigenvalue weighted by Gasteiger charge is 2.29. The maximum absolute atomic E-state index is 14.1. The van der Waals surface area contributed by atoms with Crippen molar-refractivity contribution in [2.45, 2.75) is 24.3 Å². The number of aryl methyl sites for hydroxylation is 1. The molecule has 37 heavy (non-hydrogen) atoms. The quantitative estimate of drug-likeness (QED) is 0.206. The minimum atomic E-state index is -4.39. The van der Waals surface area contributed by atoms with Crippen molar-refractivity contribution in [2.75, 3.05) is 23.0 Å². The molecule has 0 amide bonds. The number of nitrogens with zero attached hydrogens (tertiary/aromatic N) is 2. The topological polar surface area (TPSA) is 122 Å². The average molecular weight is 600 g/mol. The van der Waals surface area contributed by atoms with Gasteiger partial charge in [0.2, 0.25) is 5.52 Å². The summed E-state index contributed by atoms with van der Waals surface area (Å²) in [4.78, 5) is 2.59. The molecule has 2 aromatic heterocycles. The van der Waals surface area contributed by atoms with E-state index in [0.717, 1.165) is 35.2 Å². The minimum absolute atomic E-state index is 0.0724. The number of anilines is 1. The van der Waals surface area contributed by atoms with Gasteiger partial charge in [-0.1, -0.05) is 23.1 Å². The van der Waals surface area contributed by atoms with Crippen LogP contribution in [0.3, 0.4) is 0 Å². The van der Waals surface area contributed by atoms with Crippen LogP contribution >= 0.6 is 34.4 Å². The number of halogens is 1. The summed E-state index contributed by atoms with van der Waals surface area (Å²) in [5, 5.41) is 4.53. The second kappa shape index (κ2) is 10.2. The van der Waals surface area contributed by atoms with Crippen LogP contribution in [0.4, 0.5) is 10.1 Å². The lowest BCUT2D eigenvalue weighted by atomic mass is 10.2. The van der Waals surface area contributed by atoms with Crippen molar-refractivity contribution >= 4 is 86.7 Å². The highest BCUT2D eigenvalue weighted by atomic mass is 32.2. The van der Waals surface area contributed by atoms with Gasteiger partial charge in [0.25, 0.3) is 5.01 Å². The summed E-state index contributed by atoms with van der Waals surface area (Å²) in [6, 6.07) is 10.4. The van der Waals surface area contributed by atoms with E-state index < -0.39 is 37.6 Å². The van der Waals surface area contributed by atoms with Crippen LogP contribution in [-0.4, -0.2) is 44.0 Å². The number of rotatable bonds is 9. The van der Waals surface area contributed by atoms with Gasteiger partial charge in [-0.3, -0.25) is 0 Å². The molecule has 1 aliphatic heterocycles. The number of thioether (sulfide) groups is 1. The molecule has 0 radical (unpaired) electrons. The lowest BCUT2D eigenvalue weighted by Gasteiger charge is -2.20. The number of fused-ring (bicyclic) bond motifs is 4. The Morgan fingerprint density at radius 2 is 1.70 bits per heavy atom. The van der Waals surface area contributed by atoms with E-state index in [-0.39, 0.29) is 19.4 Å². The highest BCUT2D eigenvalue weighted by Crippen LogP contribution is 2.47. The van der Waals surface area contributed by atoms with Crippen LogP contribution in [0.25, 0.3) is 26.4 Å². The zero-order valence-corrected chi connectivity index (χ0v) is 23.2. The molecule has 196 valence electrons. The molecule has 4 aromatic rings. The summed E-state index contributed by atoms with van der Waals surface area (Å²) in [6.45, 7) is 0.501. The standard InChI is InChI=1S/C23H21FN2O6S5/c24-15-3-4-19-17(13-15)25(8-1-11-36(27,28)29)21(34-19)14-22-26(9-2-12-37(30,31)32)23-16-7-10-33-18(16)5-6-20(23)35-22/h3-7,10,13-14H,1-2,8-9,11-12H2,(H-,27,28,29,30,31,32)/p-1. The minimum Gasteiger partial charge on any atom is -0.748 e. The number of hydrogen-bond donors (Lipinski definition) is 0. The first kappa shape index (κ1) is 26.5. The smallest absolute Gasteiger partial charge is 0.265 e. The lowest BCUT2D eigenvalue weighted by molar-refractivity contribution is -0.667. The number of aromatic nitrogens is 1. The summed E-state index contributed by atoms with van der Waals surface area (Å²) in [5.74, 6) is -1.45. The Hall–Kier alpha value is -2.07. The fourth-order valence-electron chi connectivity index (χ4n) is 4.29. The van der Waals surface area contributed by atoms with Gasteiger partial charge in [-0.2, -0.15) is 4.57 Å². The maximum Gasteiger partial charge on any atom is 0.265 e. The fraction of sp³-hybridized carbons (Fsp3) is 0.261. The van der Waals surface area contributed by atoms with Gasteiger partial charge in [-0.05, 0) is 48.2 Å². The first-order valence-electron chi connectivity index (χ1n) is 11.1. The molecule has 3 heterocycles. The van der Waals surface area contributed by atoms with Crippen LogP contribution in [-0.2, 0) is 26.8 Å². The van der Waals surface area contributed by atoms with Crippen molar-refractivity contribution in [3.8, 4) is 0 Å². The normalized spacial score (nSPS) is 15.3. The van der Waals surface area contributed by atoms with E-state index in [4.69, 9.17) is 0 Å². The molecule has 0 aliphatic carbocycles. The van der Waals surface area contributed by atoms with Crippen molar-refractivity contribution in [2.24, 2.45) is 0 Å². The largest absolute Gasteiger partial charge is 0.748 e. The van der Waals surface area contributed by atoms with Crippen LogP contribution in [0, 0.1) is 5.82 Å². The molecule has 2 aromatic carbocycles. The van der Waals surface area contributed by atoms with Crippen molar-refractivity contribution in [1.82, 2.24) is 0 Å². The molecule has 5 rings (SSSR count). The molecule has 0 fully saturated rings. The Balaban J connectivity index is 1.58. The zero-order valence-electron chi connectivity index (χ0n) is 19.1. The fourth-order valence-corrected chi connectivity index (χ4v) is 8.37. The molecule has 0 saturated heterocycles. The van der Waals surface area contributed by atoms with Crippen LogP contribution in [0.2, 0.25) is 0 Å². The average Bonchev–Trinajstić information content (AvgIpc) is 3.48. The number of benzene rings is 2. The van der Waals surface area contributed by atoms with E-state index in [1.165, 1.54) is 35.2 Å². The SMILES string of the molecule is O=S(=O)([O-])CCCN1/C(=C/c2sc3ccc4sccc4c3[n+]2CCCS(=O)(=O)[O-])Sc2ccc(F)cc21. The van der Waals surface area contributed by atoms with Gasteiger partial charge in [0.1, 0.15) is 10.5 Å². The van der Waals surface area contributed by atoms with Crippen LogP contribution in [0.5, 0.6) is 0 Å². The van der Waals surface area contributed by atoms with E-state index in [1.54, 1.807) is 22.3 Å². The summed E-state index contributed by atoms with van der Waals surface area (Å²) in [7, 11) is -8.76. The maximum atomic E-state index is 14.1. The lowest BCUT2D eigenvalue weighted by Crippen LogP contribution is -2.36. The third-order valence-electron chi connectivity index (χ3n) is 5.81. The van der Waals surface area contributed by atoms with Gasteiger partial charge in [0.15, 0.2) is 6.54 Å². The Bertz CT molecular complexity index is 1740. The van der Waals surface area contributed by atoms with Crippen molar-refractivity contribution < 1.29 is 34.9 Å². The van der Waals surface area contributed by atoms with Gasteiger partial charge in [0, 0.05) is 34.1 Å². The van der Waals surface area contributed by atoms with Gasteiger partial charge in [-0.25, -0.2) is 21.2 Å². The summed E-state index contributed by atoms with van der Waals surface area (Å²) in [5.41, 5.74) is 1.53. The zero-order chi connectivity index (χ0) is 26.4. The Kier molecular flexibility index (Phi) is 7.35. The molecular formula is C23H20FN2O6S5-. The van der Waals surface area contributed by atoms with Gasteiger partial charge in [0.05, 0.1) is 42.4 Å². The van der Waals surface area contributed by atoms with Crippen molar-refractivity contribution in [3.63, 3.8) is 0 Å². The molecule has 0 N–H and O–H groups in total. The van der Waals surface area contributed by atoms with Gasteiger partial charge < -0.3 is 14.0 Å². The Morgan fingerprint density at radius 3 is 2.46 bits per heavy atom. The second-order valence-electron chi connectivity index (χ2n) is 8.42. The molecule has 0 saturated carbocycles. The van der Waals surface area contributed by atoms with Crippen LogP contribution in [0.15, 0.2) is 51.7 Å². The van der Waals surface area contributed by atoms with E-state index in [0.29, 0.717) is 12.2 Å². The van der Waals surface area contributed by atoms with E-state index in [2.05, 4.69) is 0 Å². The number of hydrogen-bond acceptors (Lipinski definition) is 10. The second-order valence-corrected chi connectivity index (χ2v) is 14.5. The van der Waals surface area contributed by atoms with Gasteiger partial charge in [-0.15, -0.1) is 11.3 Å². The van der Waals surface area contributed by atoms with Crippen LogP contribution < -0.4 is 9.47 Å². The first-order chi connectivity index (χ1) is 17.5. The highest BCUT2D eigenvalue weighted by molar-refractivity contribution is 8.04. The van der Waals surface area contributed by atoms with E-state index in [9.17, 15) is 30.3 Å². The molecule has 1 aliphatic rings. The van der Waals surface area contributed by atoms with E-state index in [1.807, 2.05) is 34.2 Å². The molecule has 0 atom stereocenters. The molecule has 8 nitrogen and oxygen atoms in total. The van der Waals surface area contributed by atoms with Gasteiger partial charge >= 0.3 is 0 Å². The Labute approximate surface area is 225 Å². The first-order valence-corrected chi connectivity index (χ1v) is 16.8. The van der Waals surface area contributed by atoms with Crippen LogP contribution in [0.1, 0.15) is 17.8 Å². The predicted molar refractivity (Wildman–Crippen MR) is 143 cm³/mol. The number of thiophene rings is 1. The monoisotopic (exact) mass is 599 g/mol. The molecular weight excluding hydrogens is 580 g/mol. The summed E-state index contributed by atoms with van der Waals surface area (Å²) < 4.78 is 85.4. The summed E-state index contributed by atoms with van der Waals surface area (Å²) >= 11 is 4.50. The van der Waals surface area contributed by atoms with E-state index >= 15 is 0 Å². The molecule has 0 bridgehead atoms. The summed E-state index contributed by atoms with van der Waals surface area (Å²) in [6.07, 6.45) is 2.12. The Morgan fingerprint density at radius 1 is 0.973 bits per heavy atom. The van der Waals surface area contributed by atoms with Crippen molar-refractivity contribution in [3.05, 3.63) is 57.6 Å². The molecule has 14 heteroatoms.